The monoisotopic (exact) mass is 399 g/mol. The van der Waals surface area contributed by atoms with Gasteiger partial charge in [-0.05, 0) is 25.0 Å². The number of nitrogens with zero attached hydrogens (tertiary/aromatic N) is 5. The summed E-state index contributed by atoms with van der Waals surface area (Å²) in [5.74, 6) is 1.77. The average Bonchev–Trinajstić information content (AvgIpc) is 3.21. The molecule has 8 heteroatoms. The summed E-state index contributed by atoms with van der Waals surface area (Å²) in [6, 6.07) is 9.62. The molecular weight excluding hydrogens is 378 g/mol. The maximum atomic E-state index is 12.2. The van der Waals surface area contributed by atoms with E-state index < -0.39 is 0 Å². The first-order chi connectivity index (χ1) is 13.2. The van der Waals surface area contributed by atoms with Crippen LogP contribution in [0.4, 0.5) is 10.8 Å². The molecule has 0 N–H and O–H groups in total. The van der Waals surface area contributed by atoms with Crippen molar-refractivity contribution in [1.29, 1.82) is 0 Å². The second-order valence-electron chi connectivity index (χ2n) is 6.46. The van der Waals surface area contributed by atoms with Crippen LogP contribution in [0.15, 0.2) is 40.9 Å². The lowest BCUT2D eigenvalue weighted by Gasteiger charge is -2.17. The Morgan fingerprint density at radius 3 is 2.89 bits per heavy atom. The van der Waals surface area contributed by atoms with Crippen LogP contribution in [-0.4, -0.2) is 25.7 Å². The molecule has 27 heavy (non-hydrogen) atoms. The van der Waals surface area contributed by atoms with Crippen LogP contribution in [0.5, 0.6) is 0 Å². The van der Waals surface area contributed by atoms with Gasteiger partial charge in [-0.15, -0.1) is 21.5 Å². The highest BCUT2D eigenvalue weighted by atomic mass is 32.2. The van der Waals surface area contributed by atoms with Crippen LogP contribution in [0.1, 0.15) is 37.7 Å². The van der Waals surface area contributed by atoms with Gasteiger partial charge in [0, 0.05) is 31.0 Å². The van der Waals surface area contributed by atoms with E-state index in [4.69, 9.17) is 0 Å². The van der Waals surface area contributed by atoms with Crippen molar-refractivity contribution in [2.75, 3.05) is 4.90 Å². The number of fused-ring (bicyclic) bond motifs is 1. The van der Waals surface area contributed by atoms with Crippen LogP contribution in [-0.2, 0) is 23.5 Å². The fourth-order valence-electron chi connectivity index (χ4n) is 3.17. The number of thioether (sulfide) groups is 1. The first kappa shape index (κ1) is 18.2. The van der Waals surface area contributed by atoms with Gasteiger partial charge in [-0.25, -0.2) is 4.98 Å². The van der Waals surface area contributed by atoms with Crippen molar-refractivity contribution >= 4 is 39.8 Å². The third-order valence-electron chi connectivity index (χ3n) is 4.48. The molecule has 0 atom stereocenters. The Kier molecular flexibility index (Phi) is 5.54. The standard InChI is InChI=1S/C19H21N5OS2/c1-14(25)24(16-8-4-2-5-9-16)18-20-15(12-26-18)13-27-19-22-21-17-10-6-3-7-11-23(17)19/h2,4-5,8-9,12H,3,6-7,10-11,13H2,1H3. The minimum atomic E-state index is -0.0440. The van der Waals surface area contributed by atoms with Crippen molar-refractivity contribution in [2.24, 2.45) is 0 Å². The Bertz CT molecular complexity index is 921. The molecule has 0 fully saturated rings. The Morgan fingerprint density at radius 1 is 1.22 bits per heavy atom. The summed E-state index contributed by atoms with van der Waals surface area (Å²) in [4.78, 5) is 18.5. The van der Waals surface area contributed by atoms with Crippen LogP contribution in [0, 0.1) is 0 Å². The summed E-state index contributed by atoms with van der Waals surface area (Å²) in [6.07, 6.45) is 4.64. The van der Waals surface area contributed by atoms with Crippen LogP contribution in [0.2, 0.25) is 0 Å². The zero-order valence-corrected chi connectivity index (χ0v) is 16.8. The van der Waals surface area contributed by atoms with Gasteiger partial charge in [0.25, 0.3) is 0 Å². The number of hydrogen-bond donors (Lipinski definition) is 0. The van der Waals surface area contributed by atoms with Crippen molar-refractivity contribution in [3.63, 3.8) is 0 Å². The summed E-state index contributed by atoms with van der Waals surface area (Å²) >= 11 is 3.15. The number of aryl methyl sites for hydroxylation is 1. The van der Waals surface area contributed by atoms with E-state index in [0.29, 0.717) is 5.13 Å². The number of benzene rings is 1. The van der Waals surface area contributed by atoms with Crippen molar-refractivity contribution < 1.29 is 4.79 Å². The maximum Gasteiger partial charge on any atom is 0.230 e. The molecule has 0 aliphatic carbocycles. The van der Waals surface area contributed by atoms with Crippen molar-refractivity contribution in [1.82, 2.24) is 19.7 Å². The van der Waals surface area contributed by atoms with Crippen LogP contribution >= 0.6 is 23.1 Å². The molecule has 4 rings (SSSR count). The molecule has 0 saturated carbocycles. The van der Waals surface area contributed by atoms with Gasteiger partial charge in [-0.1, -0.05) is 36.4 Å². The Hall–Kier alpha value is -2.19. The van der Waals surface area contributed by atoms with Gasteiger partial charge in [0.2, 0.25) is 5.91 Å². The van der Waals surface area contributed by atoms with Gasteiger partial charge in [-0.3, -0.25) is 9.69 Å². The Labute approximate surface area is 166 Å². The number of aromatic nitrogens is 4. The topological polar surface area (TPSA) is 63.9 Å². The number of carbonyl (C=O) groups is 1. The quantitative estimate of drug-likeness (QED) is 0.594. The maximum absolute atomic E-state index is 12.2. The fourth-order valence-corrected chi connectivity index (χ4v) is 5.04. The summed E-state index contributed by atoms with van der Waals surface area (Å²) in [5.41, 5.74) is 1.79. The van der Waals surface area contributed by atoms with Gasteiger partial charge in [0.05, 0.1) is 11.4 Å². The largest absolute Gasteiger partial charge is 0.306 e. The van der Waals surface area contributed by atoms with Crippen LogP contribution < -0.4 is 4.90 Å². The first-order valence-corrected chi connectivity index (χ1v) is 10.9. The molecule has 0 saturated heterocycles. The lowest BCUT2D eigenvalue weighted by Crippen LogP contribution is -2.22. The molecule has 1 aliphatic rings. The highest BCUT2D eigenvalue weighted by molar-refractivity contribution is 7.98. The summed E-state index contributed by atoms with van der Waals surface area (Å²) in [7, 11) is 0. The molecule has 0 radical (unpaired) electrons. The Morgan fingerprint density at radius 2 is 2.07 bits per heavy atom. The van der Waals surface area contributed by atoms with E-state index >= 15 is 0 Å². The summed E-state index contributed by atoms with van der Waals surface area (Å²) in [5, 5.41) is 12.4. The zero-order chi connectivity index (χ0) is 18.6. The van der Waals surface area contributed by atoms with Gasteiger partial charge >= 0.3 is 0 Å². The third-order valence-corrected chi connectivity index (χ3v) is 6.36. The summed E-state index contributed by atoms with van der Waals surface area (Å²) < 4.78 is 2.25. The van der Waals surface area contributed by atoms with E-state index in [1.165, 1.54) is 30.6 Å². The predicted octanol–water partition coefficient (Wildman–Crippen LogP) is 4.44. The van der Waals surface area contributed by atoms with Gasteiger partial charge in [0.1, 0.15) is 5.82 Å². The number of hydrogen-bond acceptors (Lipinski definition) is 6. The van der Waals surface area contributed by atoms with Gasteiger partial charge < -0.3 is 4.57 Å². The lowest BCUT2D eigenvalue weighted by molar-refractivity contribution is -0.115. The molecule has 2 aromatic heterocycles. The van der Waals surface area contributed by atoms with Crippen molar-refractivity contribution in [3.8, 4) is 0 Å². The third kappa shape index (κ3) is 4.06. The SMILES string of the molecule is CC(=O)N(c1ccccc1)c1nc(CSc2nnc3n2CCCCC3)cs1. The minimum absolute atomic E-state index is 0.0440. The van der Waals surface area contributed by atoms with E-state index in [9.17, 15) is 4.79 Å². The summed E-state index contributed by atoms with van der Waals surface area (Å²) in [6.45, 7) is 2.56. The first-order valence-electron chi connectivity index (χ1n) is 9.07. The predicted molar refractivity (Wildman–Crippen MR) is 109 cm³/mol. The zero-order valence-electron chi connectivity index (χ0n) is 15.2. The second kappa shape index (κ2) is 8.22. The number of anilines is 2. The number of amides is 1. The van der Waals surface area contributed by atoms with Gasteiger partial charge in [0.15, 0.2) is 10.3 Å². The average molecular weight is 400 g/mol. The number of carbonyl (C=O) groups excluding carboxylic acids is 1. The molecule has 3 heterocycles. The Balaban J connectivity index is 1.48. The lowest BCUT2D eigenvalue weighted by atomic mass is 10.2. The van der Waals surface area contributed by atoms with Crippen molar-refractivity contribution in [2.45, 2.75) is 50.1 Å². The molecule has 1 amide bonds. The second-order valence-corrected chi connectivity index (χ2v) is 8.24. The smallest absolute Gasteiger partial charge is 0.230 e. The molecular formula is C19H21N5OS2. The highest BCUT2D eigenvalue weighted by Crippen LogP contribution is 2.31. The molecule has 3 aromatic rings. The molecule has 0 bridgehead atoms. The fraction of sp³-hybridized carbons (Fsp3) is 0.368. The molecule has 0 unspecified atom stereocenters. The van der Waals surface area contributed by atoms with Gasteiger partial charge in [-0.2, -0.15) is 0 Å². The van der Waals surface area contributed by atoms with Crippen LogP contribution in [0.25, 0.3) is 0 Å². The number of thiazole rings is 1. The number of para-hydroxylation sites is 1. The van der Waals surface area contributed by atoms with E-state index in [2.05, 4.69) is 19.7 Å². The minimum Gasteiger partial charge on any atom is -0.306 e. The highest BCUT2D eigenvalue weighted by Gasteiger charge is 2.19. The van der Waals surface area contributed by atoms with E-state index in [0.717, 1.165) is 41.1 Å². The van der Waals surface area contributed by atoms with Crippen molar-refractivity contribution in [3.05, 3.63) is 47.2 Å². The molecule has 140 valence electrons. The van der Waals surface area contributed by atoms with E-state index in [-0.39, 0.29) is 5.91 Å². The molecule has 0 spiro atoms. The van der Waals surface area contributed by atoms with Crippen LogP contribution in [0.3, 0.4) is 0 Å². The number of rotatable bonds is 5. The normalized spacial score (nSPS) is 13.8. The molecule has 1 aromatic carbocycles. The molecule has 6 nitrogen and oxygen atoms in total. The van der Waals surface area contributed by atoms with E-state index in [1.807, 2.05) is 35.7 Å². The molecule has 1 aliphatic heterocycles. The van der Waals surface area contributed by atoms with E-state index in [1.54, 1.807) is 23.6 Å².